The number of halogens is 1. The van der Waals surface area contributed by atoms with E-state index in [1.54, 1.807) is 29.4 Å². The van der Waals surface area contributed by atoms with Crippen molar-refractivity contribution in [3.63, 3.8) is 0 Å². The van der Waals surface area contributed by atoms with Crippen LogP contribution in [-0.4, -0.2) is 27.2 Å². The van der Waals surface area contributed by atoms with E-state index in [1.807, 2.05) is 31.4 Å². The molecule has 0 radical (unpaired) electrons. The molecule has 7 nitrogen and oxygen atoms in total. The fraction of sp³-hybridized carbons (Fsp3) is 0.235. The fourth-order valence-electron chi connectivity index (χ4n) is 2.39. The topological polar surface area (TPSA) is 85.0 Å². The number of nitrogens with zero attached hydrogens (tertiary/aromatic N) is 3. The van der Waals surface area contributed by atoms with Gasteiger partial charge in [-0.25, -0.2) is 0 Å². The monoisotopic (exact) mass is 361 g/mol. The molecule has 0 aromatic carbocycles. The molecular formula is C17H20ClN5O2. The van der Waals surface area contributed by atoms with Gasteiger partial charge in [-0.3, -0.25) is 14.5 Å². The average Bonchev–Trinajstić information content (AvgIpc) is 3.23. The molecule has 0 bridgehead atoms. The lowest BCUT2D eigenvalue weighted by molar-refractivity contribution is -0.120. The number of carbonyl (C=O) groups excluding carboxylic acids is 1. The Morgan fingerprint density at radius 2 is 2.04 bits per heavy atom. The Morgan fingerprint density at radius 3 is 2.76 bits per heavy atom. The number of nitrogens with one attached hydrogen (secondary N) is 2. The first-order valence-electron chi connectivity index (χ1n) is 7.65. The van der Waals surface area contributed by atoms with E-state index >= 15 is 0 Å². The summed E-state index contributed by atoms with van der Waals surface area (Å²) in [5.41, 5.74) is 2.93. The Bertz CT molecular complexity index is 787. The first kappa shape index (κ1) is 18.7. The molecule has 0 aliphatic rings. The van der Waals surface area contributed by atoms with Crippen LogP contribution < -0.4 is 10.6 Å². The summed E-state index contributed by atoms with van der Waals surface area (Å²) >= 11 is 0. The van der Waals surface area contributed by atoms with E-state index < -0.39 is 0 Å². The van der Waals surface area contributed by atoms with Crippen molar-refractivity contribution >= 4 is 18.3 Å². The predicted octanol–water partition coefficient (Wildman–Crippen LogP) is 1.90. The van der Waals surface area contributed by atoms with Gasteiger partial charge in [-0.2, -0.15) is 5.10 Å². The zero-order valence-electron chi connectivity index (χ0n) is 13.8. The number of amides is 1. The van der Waals surface area contributed by atoms with Crippen molar-refractivity contribution in [1.82, 2.24) is 25.4 Å². The maximum atomic E-state index is 11.8. The summed E-state index contributed by atoms with van der Waals surface area (Å²) in [5.74, 6) is 0.649. The summed E-state index contributed by atoms with van der Waals surface area (Å²) in [6.07, 6.45) is 7.01. The lowest BCUT2D eigenvalue weighted by atomic mass is 10.1. The first-order chi connectivity index (χ1) is 11.7. The van der Waals surface area contributed by atoms with Crippen molar-refractivity contribution in [2.24, 2.45) is 7.05 Å². The van der Waals surface area contributed by atoms with Crippen molar-refractivity contribution < 1.29 is 9.21 Å². The van der Waals surface area contributed by atoms with Crippen molar-refractivity contribution in [3.8, 4) is 11.3 Å². The van der Waals surface area contributed by atoms with Crippen LogP contribution in [0, 0.1) is 0 Å². The second-order valence-electron chi connectivity index (χ2n) is 5.37. The van der Waals surface area contributed by atoms with Gasteiger partial charge in [0, 0.05) is 43.3 Å². The summed E-state index contributed by atoms with van der Waals surface area (Å²) in [6, 6.07) is 7.46. The summed E-state index contributed by atoms with van der Waals surface area (Å²) in [5, 5.41) is 10.4. The van der Waals surface area contributed by atoms with Gasteiger partial charge >= 0.3 is 0 Å². The van der Waals surface area contributed by atoms with Crippen LogP contribution in [0.3, 0.4) is 0 Å². The molecule has 0 spiro atoms. The van der Waals surface area contributed by atoms with E-state index in [1.165, 1.54) is 0 Å². The summed E-state index contributed by atoms with van der Waals surface area (Å²) < 4.78 is 6.94. The van der Waals surface area contributed by atoms with Crippen LogP contribution in [0.25, 0.3) is 11.3 Å². The highest BCUT2D eigenvalue weighted by Gasteiger charge is 2.10. The van der Waals surface area contributed by atoms with Gasteiger partial charge in [0.2, 0.25) is 5.91 Å². The van der Waals surface area contributed by atoms with Gasteiger partial charge in [0.25, 0.3) is 0 Å². The number of furan rings is 1. The van der Waals surface area contributed by atoms with Crippen molar-refractivity contribution in [2.75, 3.05) is 6.54 Å². The molecule has 3 aromatic rings. The maximum absolute atomic E-state index is 11.8. The molecule has 0 atom stereocenters. The minimum Gasteiger partial charge on any atom is -0.467 e. The molecule has 0 saturated heterocycles. The normalized spacial score (nSPS) is 10.3. The molecule has 0 saturated carbocycles. The van der Waals surface area contributed by atoms with Crippen molar-refractivity contribution in [2.45, 2.75) is 13.1 Å². The third kappa shape index (κ3) is 5.17. The van der Waals surface area contributed by atoms with Crippen LogP contribution in [0.5, 0.6) is 0 Å². The van der Waals surface area contributed by atoms with Crippen molar-refractivity contribution in [1.29, 1.82) is 0 Å². The first-order valence-corrected chi connectivity index (χ1v) is 7.65. The SMILES string of the molecule is Cl.Cn1cc(CNCC(=O)NCc2ccco2)c(-c2ccncc2)n1. The molecule has 0 unspecified atom stereocenters. The molecule has 3 rings (SSSR count). The molecule has 0 aliphatic carbocycles. The number of hydrogen-bond acceptors (Lipinski definition) is 5. The van der Waals surface area contributed by atoms with E-state index in [9.17, 15) is 4.79 Å². The Hall–Kier alpha value is -2.64. The zero-order chi connectivity index (χ0) is 16.8. The molecule has 132 valence electrons. The summed E-state index contributed by atoms with van der Waals surface area (Å²) in [4.78, 5) is 15.9. The molecule has 3 heterocycles. The average molecular weight is 362 g/mol. The van der Waals surface area contributed by atoms with Crippen LogP contribution in [0.4, 0.5) is 0 Å². The smallest absolute Gasteiger partial charge is 0.234 e. The number of rotatable bonds is 7. The molecule has 2 N–H and O–H groups in total. The van der Waals surface area contributed by atoms with E-state index in [-0.39, 0.29) is 24.9 Å². The van der Waals surface area contributed by atoms with E-state index in [0.29, 0.717) is 13.1 Å². The lowest BCUT2D eigenvalue weighted by Gasteiger charge is -2.06. The highest BCUT2D eigenvalue weighted by Crippen LogP contribution is 2.20. The Balaban J connectivity index is 0.00000225. The van der Waals surface area contributed by atoms with Gasteiger partial charge in [-0.05, 0) is 24.3 Å². The van der Waals surface area contributed by atoms with Gasteiger partial charge in [-0.15, -0.1) is 12.4 Å². The van der Waals surface area contributed by atoms with E-state index in [0.717, 1.165) is 22.6 Å². The van der Waals surface area contributed by atoms with Gasteiger partial charge < -0.3 is 15.1 Å². The second kappa shape index (κ2) is 9.00. The fourth-order valence-corrected chi connectivity index (χ4v) is 2.39. The number of carbonyl (C=O) groups is 1. The number of aryl methyl sites for hydroxylation is 1. The molecule has 25 heavy (non-hydrogen) atoms. The quantitative estimate of drug-likeness (QED) is 0.671. The van der Waals surface area contributed by atoms with Crippen LogP contribution in [0.15, 0.2) is 53.5 Å². The Labute approximate surface area is 151 Å². The van der Waals surface area contributed by atoms with Crippen LogP contribution in [-0.2, 0) is 24.9 Å². The molecule has 0 aliphatic heterocycles. The zero-order valence-corrected chi connectivity index (χ0v) is 14.6. The predicted molar refractivity (Wildman–Crippen MR) is 95.9 cm³/mol. The highest BCUT2D eigenvalue weighted by atomic mass is 35.5. The third-order valence-electron chi connectivity index (χ3n) is 3.50. The van der Waals surface area contributed by atoms with Gasteiger partial charge in [0.05, 0.1) is 25.0 Å². The summed E-state index contributed by atoms with van der Waals surface area (Å²) in [7, 11) is 1.88. The lowest BCUT2D eigenvalue weighted by Crippen LogP contribution is -2.33. The standard InChI is InChI=1S/C17H19N5O2.ClH/c1-22-12-14(17(21-22)13-4-6-18-7-5-13)9-19-11-16(23)20-10-15-3-2-8-24-15;/h2-8,12,19H,9-11H2,1H3,(H,20,23);1H. The number of aromatic nitrogens is 3. The van der Waals surface area contributed by atoms with Gasteiger partial charge in [0.15, 0.2) is 0 Å². The molecule has 8 heteroatoms. The molecule has 1 amide bonds. The Morgan fingerprint density at radius 1 is 1.24 bits per heavy atom. The maximum Gasteiger partial charge on any atom is 0.234 e. The van der Waals surface area contributed by atoms with E-state index in [2.05, 4.69) is 20.7 Å². The molecule has 0 fully saturated rings. The summed E-state index contributed by atoms with van der Waals surface area (Å²) in [6.45, 7) is 1.17. The highest BCUT2D eigenvalue weighted by molar-refractivity contribution is 5.85. The van der Waals surface area contributed by atoms with Crippen molar-refractivity contribution in [3.05, 3.63) is 60.4 Å². The third-order valence-corrected chi connectivity index (χ3v) is 3.50. The number of hydrogen-bond donors (Lipinski definition) is 2. The number of pyridine rings is 1. The van der Waals surface area contributed by atoms with Gasteiger partial charge in [-0.1, -0.05) is 0 Å². The van der Waals surface area contributed by atoms with Crippen LogP contribution in [0.1, 0.15) is 11.3 Å². The second-order valence-corrected chi connectivity index (χ2v) is 5.37. The Kier molecular flexibility index (Phi) is 6.73. The van der Waals surface area contributed by atoms with Crippen LogP contribution in [0.2, 0.25) is 0 Å². The largest absolute Gasteiger partial charge is 0.467 e. The molecule has 3 aromatic heterocycles. The van der Waals surface area contributed by atoms with E-state index in [4.69, 9.17) is 4.42 Å². The minimum atomic E-state index is -0.0826. The van der Waals surface area contributed by atoms with Gasteiger partial charge in [0.1, 0.15) is 5.76 Å². The molecular weight excluding hydrogens is 342 g/mol. The minimum absolute atomic E-state index is 0. The van der Waals surface area contributed by atoms with Crippen LogP contribution >= 0.6 is 12.4 Å².